The number of pyridine rings is 1. The number of benzene rings is 1. The second-order valence-corrected chi connectivity index (χ2v) is 7.49. The van der Waals surface area contributed by atoms with Crippen molar-refractivity contribution in [1.29, 1.82) is 0 Å². The molecular weight excluding hydrogens is 370 g/mol. The summed E-state index contributed by atoms with van der Waals surface area (Å²) in [6, 6.07) is 9.68. The summed E-state index contributed by atoms with van der Waals surface area (Å²) in [7, 11) is 0. The molecule has 8 nitrogen and oxygen atoms in total. The topological polar surface area (TPSA) is 94.6 Å². The molecule has 3 heterocycles. The summed E-state index contributed by atoms with van der Waals surface area (Å²) in [5.74, 6) is 0.814. The van der Waals surface area contributed by atoms with Crippen molar-refractivity contribution in [3.05, 3.63) is 48.2 Å². The van der Waals surface area contributed by atoms with Gasteiger partial charge in [0.25, 0.3) is 11.8 Å². The Morgan fingerprint density at radius 1 is 1.24 bits per heavy atom. The van der Waals surface area contributed by atoms with E-state index in [1.807, 2.05) is 0 Å². The Hall–Kier alpha value is -3.42. The van der Waals surface area contributed by atoms with Gasteiger partial charge in [-0.3, -0.25) is 9.59 Å². The van der Waals surface area contributed by atoms with Gasteiger partial charge in [0.05, 0.1) is 12.2 Å². The van der Waals surface area contributed by atoms with Gasteiger partial charge in [0, 0.05) is 30.5 Å². The summed E-state index contributed by atoms with van der Waals surface area (Å²) in [6.07, 6.45) is 3.98. The van der Waals surface area contributed by atoms with E-state index >= 15 is 0 Å². The van der Waals surface area contributed by atoms with Crippen molar-refractivity contribution in [2.45, 2.75) is 19.8 Å². The fraction of sp³-hybridized carbons (Fsp3) is 0.333. The Kier molecular flexibility index (Phi) is 5.16. The van der Waals surface area contributed by atoms with Gasteiger partial charge in [-0.25, -0.2) is 14.7 Å². The van der Waals surface area contributed by atoms with Crippen LogP contribution >= 0.6 is 0 Å². The standard InChI is InChI=1S/C21H23N5O3/c1-14-4-3-9-25(13-14)18-10-15(7-8-22-18)20(28)24-16-5-2-6-17(11-16)26-19(27)12-23-21(26)29/h2,5-8,10-11,14H,3-4,9,12-13H2,1H3,(H,23,29)(H,24,28)/t14-/m0/s1. The van der Waals surface area contributed by atoms with Crippen LogP contribution in [0.1, 0.15) is 30.1 Å². The molecular formula is C21H23N5O3. The van der Waals surface area contributed by atoms with Crippen molar-refractivity contribution in [3.8, 4) is 0 Å². The molecule has 0 saturated carbocycles. The quantitative estimate of drug-likeness (QED) is 0.779. The molecule has 8 heteroatoms. The molecule has 4 rings (SSSR count). The van der Waals surface area contributed by atoms with Crippen LogP contribution in [0.25, 0.3) is 0 Å². The smallest absolute Gasteiger partial charge is 0.329 e. The molecule has 4 amide bonds. The van der Waals surface area contributed by atoms with E-state index in [9.17, 15) is 14.4 Å². The first-order valence-corrected chi connectivity index (χ1v) is 9.74. The number of imide groups is 1. The Morgan fingerprint density at radius 2 is 2.10 bits per heavy atom. The first-order valence-electron chi connectivity index (χ1n) is 9.74. The third-order valence-electron chi connectivity index (χ3n) is 5.19. The van der Waals surface area contributed by atoms with E-state index in [4.69, 9.17) is 0 Å². The number of carbonyl (C=O) groups is 3. The molecule has 150 valence electrons. The molecule has 1 aromatic carbocycles. The Bertz CT molecular complexity index is 945. The number of piperidine rings is 1. The number of anilines is 3. The lowest BCUT2D eigenvalue weighted by molar-refractivity contribution is -0.115. The Labute approximate surface area is 168 Å². The van der Waals surface area contributed by atoms with Crippen molar-refractivity contribution in [2.75, 3.05) is 34.8 Å². The first-order chi connectivity index (χ1) is 14.0. The average molecular weight is 393 g/mol. The third kappa shape index (κ3) is 4.06. The molecule has 0 radical (unpaired) electrons. The number of carbonyl (C=O) groups excluding carboxylic acids is 3. The number of nitrogens with zero attached hydrogens (tertiary/aromatic N) is 3. The maximum atomic E-state index is 12.8. The number of hydrogen-bond donors (Lipinski definition) is 2. The van der Waals surface area contributed by atoms with Crippen LogP contribution < -0.4 is 20.4 Å². The minimum absolute atomic E-state index is 0.0235. The molecule has 0 aliphatic carbocycles. The van der Waals surface area contributed by atoms with E-state index in [1.165, 1.54) is 6.42 Å². The van der Waals surface area contributed by atoms with E-state index in [0.717, 1.165) is 30.2 Å². The van der Waals surface area contributed by atoms with Crippen LogP contribution in [0.4, 0.5) is 22.0 Å². The molecule has 0 spiro atoms. The first kappa shape index (κ1) is 18.9. The minimum Gasteiger partial charge on any atom is -0.356 e. The number of amides is 4. The molecule has 1 aromatic heterocycles. The molecule has 29 heavy (non-hydrogen) atoms. The second-order valence-electron chi connectivity index (χ2n) is 7.49. The maximum Gasteiger partial charge on any atom is 0.329 e. The second kappa shape index (κ2) is 7.90. The summed E-state index contributed by atoms with van der Waals surface area (Å²) in [5, 5.41) is 5.32. The summed E-state index contributed by atoms with van der Waals surface area (Å²) >= 11 is 0. The van der Waals surface area contributed by atoms with E-state index in [2.05, 4.69) is 27.4 Å². The molecule has 2 aliphatic heterocycles. The number of aromatic nitrogens is 1. The van der Waals surface area contributed by atoms with Gasteiger partial charge in [0.1, 0.15) is 5.82 Å². The fourth-order valence-electron chi connectivity index (χ4n) is 3.74. The highest BCUT2D eigenvalue weighted by Crippen LogP contribution is 2.24. The van der Waals surface area contributed by atoms with Gasteiger partial charge >= 0.3 is 6.03 Å². The molecule has 2 aromatic rings. The molecule has 0 bridgehead atoms. The highest BCUT2D eigenvalue weighted by Gasteiger charge is 2.30. The summed E-state index contributed by atoms with van der Waals surface area (Å²) in [6.45, 7) is 4.08. The molecule has 2 N–H and O–H groups in total. The lowest BCUT2D eigenvalue weighted by Crippen LogP contribution is -2.34. The zero-order chi connectivity index (χ0) is 20.4. The summed E-state index contributed by atoms with van der Waals surface area (Å²) in [4.78, 5) is 44.2. The number of hydrogen-bond acceptors (Lipinski definition) is 5. The van der Waals surface area contributed by atoms with Gasteiger partial charge in [-0.05, 0) is 49.1 Å². The third-order valence-corrected chi connectivity index (χ3v) is 5.19. The normalized spacial score (nSPS) is 19.3. The predicted octanol–water partition coefficient (Wildman–Crippen LogP) is 2.63. The van der Waals surface area contributed by atoms with Gasteiger partial charge in [-0.15, -0.1) is 0 Å². The molecule has 2 fully saturated rings. The van der Waals surface area contributed by atoms with Crippen LogP contribution in [0.2, 0.25) is 0 Å². The van der Waals surface area contributed by atoms with Crippen LogP contribution in [0.5, 0.6) is 0 Å². The van der Waals surface area contributed by atoms with Gasteiger partial charge in [-0.2, -0.15) is 0 Å². The Morgan fingerprint density at radius 3 is 2.86 bits per heavy atom. The van der Waals surface area contributed by atoms with Crippen LogP contribution in [0.3, 0.4) is 0 Å². The lowest BCUT2D eigenvalue weighted by atomic mass is 10.0. The van der Waals surface area contributed by atoms with E-state index in [-0.39, 0.29) is 18.4 Å². The van der Waals surface area contributed by atoms with Gasteiger partial charge < -0.3 is 15.5 Å². The monoisotopic (exact) mass is 393 g/mol. The molecule has 2 aliphatic rings. The van der Waals surface area contributed by atoms with E-state index in [0.29, 0.717) is 22.9 Å². The van der Waals surface area contributed by atoms with Crippen molar-refractivity contribution in [1.82, 2.24) is 10.3 Å². The summed E-state index contributed by atoms with van der Waals surface area (Å²) < 4.78 is 0. The van der Waals surface area contributed by atoms with Crippen LogP contribution in [-0.2, 0) is 4.79 Å². The maximum absolute atomic E-state index is 12.8. The zero-order valence-corrected chi connectivity index (χ0v) is 16.2. The minimum atomic E-state index is -0.465. The van der Waals surface area contributed by atoms with E-state index in [1.54, 1.807) is 42.6 Å². The number of urea groups is 1. The number of nitrogens with one attached hydrogen (secondary N) is 2. The highest BCUT2D eigenvalue weighted by atomic mass is 16.2. The average Bonchev–Trinajstić information content (AvgIpc) is 3.06. The van der Waals surface area contributed by atoms with Crippen molar-refractivity contribution in [2.24, 2.45) is 5.92 Å². The predicted molar refractivity (Wildman–Crippen MR) is 110 cm³/mol. The molecule has 0 unspecified atom stereocenters. The van der Waals surface area contributed by atoms with Crippen molar-refractivity contribution >= 4 is 35.0 Å². The van der Waals surface area contributed by atoms with Crippen molar-refractivity contribution in [3.63, 3.8) is 0 Å². The lowest BCUT2D eigenvalue weighted by Gasteiger charge is -2.31. The van der Waals surface area contributed by atoms with Crippen LogP contribution in [-0.4, -0.2) is 42.5 Å². The van der Waals surface area contributed by atoms with Gasteiger partial charge in [-0.1, -0.05) is 13.0 Å². The molecule has 1 atom stereocenters. The summed E-state index contributed by atoms with van der Waals surface area (Å²) in [5.41, 5.74) is 1.43. The molecule has 2 saturated heterocycles. The van der Waals surface area contributed by atoms with Gasteiger partial charge in [0.15, 0.2) is 0 Å². The van der Waals surface area contributed by atoms with E-state index < -0.39 is 6.03 Å². The fourth-order valence-corrected chi connectivity index (χ4v) is 3.74. The van der Waals surface area contributed by atoms with Gasteiger partial charge in [0.2, 0.25) is 0 Å². The zero-order valence-electron chi connectivity index (χ0n) is 16.2. The van der Waals surface area contributed by atoms with Crippen molar-refractivity contribution < 1.29 is 14.4 Å². The number of rotatable bonds is 4. The Balaban J connectivity index is 1.50. The van der Waals surface area contributed by atoms with Crippen LogP contribution in [0.15, 0.2) is 42.6 Å². The van der Waals surface area contributed by atoms with Crippen LogP contribution in [0, 0.1) is 5.92 Å². The SMILES string of the molecule is C[C@H]1CCCN(c2cc(C(=O)Nc3cccc(N4C(=O)CNC4=O)c3)ccn2)C1. The highest BCUT2D eigenvalue weighted by molar-refractivity contribution is 6.20. The largest absolute Gasteiger partial charge is 0.356 e.